The number of aromatic nitrogens is 3. The van der Waals surface area contributed by atoms with Gasteiger partial charge >= 0.3 is 0 Å². The number of anilines is 1. The third kappa shape index (κ3) is 4.31. The molecule has 3 aromatic rings. The Morgan fingerprint density at radius 3 is 2.88 bits per heavy atom. The van der Waals surface area contributed by atoms with E-state index < -0.39 is 0 Å². The monoisotopic (exact) mass is 436 g/mol. The second-order valence-corrected chi connectivity index (χ2v) is 8.09. The SMILES string of the molecule is CCn1c(SCC(=O)Nc2ccc(C)cc2Br)nnc1-c1cccs1. The smallest absolute Gasteiger partial charge is 0.234 e. The third-order valence-corrected chi connectivity index (χ3v) is 5.99. The van der Waals surface area contributed by atoms with Crippen molar-refractivity contribution in [3.63, 3.8) is 0 Å². The molecule has 1 N–H and O–H groups in total. The van der Waals surface area contributed by atoms with E-state index in [1.165, 1.54) is 11.8 Å². The Kier molecular flexibility index (Phi) is 5.93. The number of carbonyl (C=O) groups is 1. The van der Waals surface area contributed by atoms with Crippen LogP contribution in [-0.4, -0.2) is 26.4 Å². The standard InChI is InChI=1S/C17H17BrN4OS2/c1-3-22-16(14-5-4-8-24-14)20-21-17(22)25-10-15(23)19-13-7-6-11(2)9-12(13)18/h4-9H,3,10H2,1-2H3,(H,19,23). The van der Waals surface area contributed by atoms with Crippen LogP contribution in [0.5, 0.6) is 0 Å². The number of thiophene rings is 1. The molecule has 0 spiro atoms. The van der Waals surface area contributed by atoms with Crippen LogP contribution in [0.3, 0.4) is 0 Å². The van der Waals surface area contributed by atoms with Crippen molar-refractivity contribution in [3.8, 4) is 10.7 Å². The van der Waals surface area contributed by atoms with Crippen LogP contribution in [0.2, 0.25) is 0 Å². The van der Waals surface area contributed by atoms with Crippen molar-refractivity contribution in [2.24, 2.45) is 0 Å². The summed E-state index contributed by atoms with van der Waals surface area (Å²) in [4.78, 5) is 13.3. The summed E-state index contributed by atoms with van der Waals surface area (Å²) in [6.07, 6.45) is 0. The molecule has 0 aliphatic carbocycles. The number of nitrogens with zero attached hydrogens (tertiary/aromatic N) is 3. The van der Waals surface area contributed by atoms with E-state index in [4.69, 9.17) is 0 Å². The minimum atomic E-state index is -0.0714. The lowest BCUT2D eigenvalue weighted by Gasteiger charge is -2.09. The molecule has 1 amide bonds. The maximum atomic E-state index is 12.2. The van der Waals surface area contributed by atoms with E-state index in [1.54, 1.807) is 11.3 Å². The molecule has 5 nitrogen and oxygen atoms in total. The summed E-state index contributed by atoms with van der Waals surface area (Å²) in [5.41, 5.74) is 1.91. The van der Waals surface area contributed by atoms with Gasteiger partial charge in [0.1, 0.15) is 0 Å². The van der Waals surface area contributed by atoms with Crippen molar-refractivity contribution in [2.75, 3.05) is 11.1 Å². The lowest BCUT2D eigenvalue weighted by molar-refractivity contribution is -0.113. The van der Waals surface area contributed by atoms with Crippen LogP contribution >= 0.6 is 39.0 Å². The van der Waals surface area contributed by atoms with Gasteiger partial charge in [-0.2, -0.15) is 0 Å². The molecular formula is C17H17BrN4OS2. The van der Waals surface area contributed by atoms with Crippen molar-refractivity contribution in [1.82, 2.24) is 14.8 Å². The maximum absolute atomic E-state index is 12.2. The number of amides is 1. The second kappa shape index (κ2) is 8.16. The average molecular weight is 437 g/mol. The molecule has 25 heavy (non-hydrogen) atoms. The van der Waals surface area contributed by atoms with Gasteiger partial charge in [0.15, 0.2) is 11.0 Å². The molecular weight excluding hydrogens is 420 g/mol. The van der Waals surface area contributed by atoms with Crippen LogP contribution in [-0.2, 0) is 11.3 Å². The molecule has 8 heteroatoms. The minimum Gasteiger partial charge on any atom is -0.324 e. The van der Waals surface area contributed by atoms with Gasteiger partial charge < -0.3 is 9.88 Å². The highest BCUT2D eigenvalue weighted by Gasteiger charge is 2.15. The maximum Gasteiger partial charge on any atom is 0.234 e. The fourth-order valence-electron chi connectivity index (χ4n) is 2.31. The van der Waals surface area contributed by atoms with E-state index in [9.17, 15) is 4.79 Å². The first-order valence-corrected chi connectivity index (χ1v) is 10.4. The van der Waals surface area contributed by atoms with Gasteiger partial charge in [-0.05, 0) is 58.9 Å². The normalized spacial score (nSPS) is 10.8. The van der Waals surface area contributed by atoms with Gasteiger partial charge in [-0.1, -0.05) is 23.9 Å². The van der Waals surface area contributed by atoms with Crippen molar-refractivity contribution >= 4 is 50.6 Å². The Hall–Kier alpha value is -1.64. The molecule has 130 valence electrons. The van der Waals surface area contributed by atoms with Gasteiger partial charge in [0, 0.05) is 11.0 Å². The summed E-state index contributed by atoms with van der Waals surface area (Å²) in [5.74, 6) is 1.06. The third-order valence-electron chi connectivity index (χ3n) is 3.51. The second-order valence-electron chi connectivity index (χ2n) is 5.35. The zero-order valence-corrected chi connectivity index (χ0v) is 17.0. The summed E-state index contributed by atoms with van der Waals surface area (Å²) in [6, 6.07) is 9.86. The van der Waals surface area contributed by atoms with Crippen LogP contribution < -0.4 is 5.32 Å². The topological polar surface area (TPSA) is 59.8 Å². The predicted octanol–water partition coefficient (Wildman–Crippen LogP) is 4.83. The van der Waals surface area contributed by atoms with Gasteiger partial charge in [-0.15, -0.1) is 21.5 Å². The van der Waals surface area contributed by atoms with Gasteiger partial charge in [0.25, 0.3) is 0 Å². The highest BCUT2D eigenvalue weighted by Crippen LogP contribution is 2.28. The molecule has 2 heterocycles. The van der Waals surface area contributed by atoms with Crippen LogP contribution in [0.25, 0.3) is 10.7 Å². The van der Waals surface area contributed by atoms with Crippen LogP contribution in [0.15, 0.2) is 45.3 Å². The number of rotatable bonds is 6. The number of benzene rings is 1. The summed E-state index contributed by atoms with van der Waals surface area (Å²) in [5, 5.41) is 14.2. The van der Waals surface area contributed by atoms with Gasteiger partial charge in [0.05, 0.1) is 16.3 Å². The molecule has 1 aromatic carbocycles. The Labute approximate surface area is 163 Å². The molecule has 0 aliphatic rings. The van der Waals surface area contributed by atoms with E-state index in [0.717, 1.165) is 38.1 Å². The molecule has 0 atom stereocenters. The highest BCUT2D eigenvalue weighted by molar-refractivity contribution is 9.10. The first-order chi connectivity index (χ1) is 12.1. The van der Waals surface area contributed by atoms with E-state index in [-0.39, 0.29) is 11.7 Å². The van der Waals surface area contributed by atoms with Crippen molar-refractivity contribution in [3.05, 3.63) is 45.7 Å². The highest BCUT2D eigenvalue weighted by atomic mass is 79.9. The zero-order valence-electron chi connectivity index (χ0n) is 13.8. The number of halogens is 1. The molecule has 3 rings (SSSR count). The van der Waals surface area contributed by atoms with Crippen molar-refractivity contribution in [2.45, 2.75) is 25.5 Å². The van der Waals surface area contributed by atoms with Crippen LogP contribution in [0.1, 0.15) is 12.5 Å². The molecule has 0 unspecified atom stereocenters. The number of hydrogen-bond acceptors (Lipinski definition) is 5. The quantitative estimate of drug-likeness (QED) is 0.562. The fraction of sp³-hybridized carbons (Fsp3) is 0.235. The lowest BCUT2D eigenvalue weighted by Crippen LogP contribution is -2.15. The first kappa shape index (κ1) is 18.2. The largest absolute Gasteiger partial charge is 0.324 e. The minimum absolute atomic E-state index is 0.0714. The predicted molar refractivity (Wildman–Crippen MR) is 107 cm³/mol. The lowest BCUT2D eigenvalue weighted by atomic mass is 10.2. The Bertz CT molecular complexity index is 877. The molecule has 0 fully saturated rings. The molecule has 0 bridgehead atoms. The first-order valence-electron chi connectivity index (χ1n) is 7.74. The molecule has 0 aliphatic heterocycles. The van der Waals surface area contributed by atoms with Crippen molar-refractivity contribution < 1.29 is 4.79 Å². The number of aryl methyl sites for hydroxylation is 1. The van der Waals surface area contributed by atoms with E-state index in [0.29, 0.717) is 0 Å². The van der Waals surface area contributed by atoms with E-state index in [2.05, 4.69) is 31.4 Å². The zero-order chi connectivity index (χ0) is 17.8. The Balaban J connectivity index is 1.66. The van der Waals surface area contributed by atoms with Crippen LogP contribution in [0, 0.1) is 6.92 Å². The summed E-state index contributed by atoms with van der Waals surface area (Å²) >= 11 is 6.50. The van der Waals surface area contributed by atoms with E-state index >= 15 is 0 Å². The van der Waals surface area contributed by atoms with Crippen LogP contribution in [0.4, 0.5) is 5.69 Å². The molecule has 0 radical (unpaired) electrons. The van der Waals surface area contributed by atoms with Gasteiger partial charge in [-0.3, -0.25) is 4.79 Å². The number of thioether (sulfide) groups is 1. The van der Waals surface area contributed by atoms with Crippen molar-refractivity contribution in [1.29, 1.82) is 0 Å². The summed E-state index contributed by atoms with van der Waals surface area (Å²) in [6.45, 7) is 4.82. The number of carbonyl (C=O) groups excluding carboxylic acids is 1. The Morgan fingerprint density at radius 2 is 2.20 bits per heavy atom. The summed E-state index contributed by atoms with van der Waals surface area (Å²) < 4.78 is 2.91. The van der Waals surface area contributed by atoms with E-state index in [1.807, 2.05) is 54.1 Å². The fourth-order valence-corrected chi connectivity index (χ4v) is 4.42. The van der Waals surface area contributed by atoms with Gasteiger partial charge in [0.2, 0.25) is 5.91 Å². The summed E-state index contributed by atoms with van der Waals surface area (Å²) in [7, 11) is 0. The number of hydrogen-bond donors (Lipinski definition) is 1. The molecule has 0 saturated carbocycles. The molecule has 0 saturated heterocycles. The Morgan fingerprint density at radius 1 is 1.36 bits per heavy atom. The number of nitrogens with one attached hydrogen (secondary N) is 1. The molecule has 2 aromatic heterocycles. The average Bonchev–Trinajstić information content (AvgIpc) is 3.24. The van der Waals surface area contributed by atoms with Gasteiger partial charge in [-0.25, -0.2) is 0 Å².